The molecule has 166 valence electrons. The van der Waals surface area contributed by atoms with E-state index in [9.17, 15) is 4.79 Å². The summed E-state index contributed by atoms with van der Waals surface area (Å²) in [7, 11) is 0. The Kier molecular flexibility index (Phi) is 6.16. The first kappa shape index (κ1) is 21.5. The van der Waals surface area contributed by atoms with Gasteiger partial charge in [-0.1, -0.05) is 6.07 Å². The standard InChI is InChI=1S/C23H27N7O2/c1-23(2,3)32-22(31)30-13-11-29(12-14-30)21-15-17(7-8-26-21)18-5-4-6-19(27-18)28-20-16-24-9-10-25-20/h4-10,15-16H,11-14H2,1-3H3,(H,25,27,28). The van der Waals surface area contributed by atoms with Crippen LogP contribution in [0.15, 0.2) is 55.1 Å². The number of nitrogens with one attached hydrogen (secondary N) is 1. The second kappa shape index (κ2) is 9.17. The van der Waals surface area contributed by atoms with Gasteiger partial charge in [-0.15, -0.1) is 0 Å². The van der Waals surface area contributed by atoms with E-state index in [2.05, 4.69) is 25.2 Å². The van der Waals surface area contributed by atoms with Gasteiger partial charge in [-0.05, 0) is 45.0 Å². The zero-order valence-electron chi connectivity index (χ0n) is 18.5. The predicted octanol–water partition coefficient (Wildman–Crippen LogP) is 3.73. The normalized spacial score (nSPS) is 14.2. The minimum atomic E-state index is -0.492. The Morgan fingerprint density at radius 1 is 1.00 bits per heavy atom. The molecule has 0 aliphatic carbocycles. The van der Waals surface area contributed by atoms with E-state index in [1.54, 1.807) is 29.7 Å². The number of carbonyl (C=O) groups is 1. The number of carbonyl (C=O) groups excluding carboxylic acids is 1. The Morgan fingerprint density at radius 2 is 1.81 bits per heavy atom. The topological polar surface area (TPSA) is 96.4 Å². The number of aromatic nitrogens is 4. The minimum Gasteiger partial charge on any atom is -0.444 e. The highest BCUT2D eigenvalue weighted by atomic mass is 16.6. The van der Waals surface area contributed by atoms with Gasteiger partial charge in [0.15, 0.2) is 0 Å². The summed E-state index contributed by atoms with van der Waals surface area (Å²) >= 11 is 0. The molecule has 4 rings (SSSR count). The van der Waals surface area contributed by atoms with E-state index in [4.69, 9.17) is 9.72 Å². The summed E-state index contributed by atoms with van der Waals surface area (Å²) in [6, 6.07) is 9.75. The summed E-state index contributed by atoms with van der Waals surface area (Å²) in [5.74, 6) is 2.18. The average molecular weight is 434 g/mol. The number of pyridine rings is 2. The van der Waals surface area contributed by atoms with Gasteiger partial charge < -0.3 is 19.9 Å². The van der Waals surface area contributed by atoms with Crippen LogP contribution in [0.3, 0.4) is 0 Å². The van der Waals surface area contributed by atoms with Crippen LogP contribution < -0.4 is 10.2 Å². The number of rotatable bonds is 4. The molecule has 9 nitrogen and oxygen atoms in total. The number of ether oxygens (including phenoxy) is 1. The second-order valence-corrected chi connectivity index (χ2v) is 8.48. The van der Waals surface area contributed by atoms with Crippen LogP contribution in [0.1, 0.15) is 20.8 Å². The monoisotopic (exact) mass is 433 g/mol. The van der Waals surface area contributed by atoms with Gasteiger partial charge in [0.25, 0.3) is 0 Å². The summed E-state index contributed by atoms with van der Waals surface area (Å²) in [5.41, 5.74) is 1.30. The Bertz CT molecular complexity index is 1060. The van der Waals surface area contributed by atoms with Crippen molar-refractivity contribution in [3.63, 3.8) is 0 Å². The molecule has 32 heavy (non-hydrogen) atoms. The second-order valence-electron chi connectivity index (χ2n) is 8.48. The first-order chi connectivity index (χ1) is 15.4. The average Bonchev–Trinajstić information content (AvgIpc) is 2.79. The van der Waals surface area contributed by atoms with E-state index in [0.29, 0.717) is 37.8 Å². The molecule has 1 amide bonds. The molecule has 3 aromatic rings. The van der Waals surface area contributed by atoms with E-state index in [1.165, 1.54) is 0 Å². The number of nitrogens with zero attached hydrogens (tertiary/aromatic N) is 6. The van der Waals surface area contributed by atoms with Crippen molar-refractivity contribution in [2.75, 3.05) is 36.4 Å². The van der Waals surface area contributed by atoms with Gasteiger partial charge in [0, 0.05) is 50.3 Å². The maximum Gasteiger partial charge on any atom is 0.410 e. The smallest absolute Gasteiger partial charge is 0.410 e. The van der Waals surface area contributed by atoms with Crippen LogP contribution in [0.2, 0.25) is 0 Å². The van der Waals surface area contributed by atoms with Crippen LogP contribution in [0.4, 0.5) is 22.2 Å². The molecule has 3 aromatic heterocycles. The molecule has 0 saturated carbocycles. The fourth-order valence-electron chi connectivity index (χ4n) is 3.36. The van der Waals surface area contributed by atoms with Crippen molar-refractivity contribution in [2.45, 2.75) is 26.4 Å². The highest BCUT2D eigenvalue weighted by Crippen LogP contribution is 2.24. The van der Waals surface area contributed by atoms with Crippen molar-refractivity contribution in [1.29, 1.82) is 0 Å². The number of anilines is 3. The lowest BCUT2D eigenvalue weighted by molar-refractivity contribution is 0.0240. The van der Waals surface area contributed by atoms with E-state index in [0.717, 1.165) is 17.1 Å². The quantitative estimate of drug-likeness (QED) is 0.665. The van der Waals surface area contributed by atoms with Crippen molar-refractivity contribution < 1.29 is 9.53 Å². The zero-order valence-corrected chi connectivity index (χ0v) is 18.5. The Morgan fingerprint density at radius 3 is 2.53 bits per heavy atom. The lowest BCUT2D eigenvalue weighted by Crippen LogP contribution is -2.50. The summed E-state index contributed by atoms with van der Waals surface area (Å²) in [5, 5.41) is 3.16. The summed E-state index contributed by atoms with van der Waals surface area (Å²) in [6.45, 7) is 8.20. The molecule has 0 radical (unpaired) electrons. The van der Waals surface area contributed by atoms with Gasteiger partial charge >= 0.3 is 6.09 Å². The van der Waals surface area contributed by atoms with Gasteiger partial charge in [0.05, 0.1) is 11.9 Å². The first-order valence-electron chi connectivity index (χ1n) is 10.6. The van der Waals surface area contributed by atoms with Crippen molar-refractivity contribution >= 4 is 23.5 Å². The zero-order chi connectivity index (χ0) is 22.6. The molecule has 1 saturated heterocycles. The third kappa shape index (κ3) is 5.48. The number of hydrogen-bond donors (Lipinski definition) is 1. The third-order valence-electron chi connectivity index (χ3n) is 4.87. The van der Waals surface area contributed by atoms with Crippen molar-refractivity contribution in [3.05, 3.63) is 55.1 Å². The Labute approximate surface area is 187 Å². The summed E-state index contributed by atoms with van der Waals surface area (Å²) in [4.78, 5) is 33.7. The van der Waals surface area contributed by atoms with Crippen LogP contribution in [-0.2, 0) is 4.74 Å². The molecule has 1 fully saturated rings. The van der Waals surface area contributed by atoms with Crippen molar-refractivity contribution in [3.8, 4) is 11.3 Å². The highest BCUT2D eigenvalue weighted by molar-refractivity contribution is 5.69. The Balaban J connectivity index is 1.43. The first-order valence-corrected chi connectivity index (χ1v) is 10.6. The van der Waals surface area contributed by atoms with Crippen LogP contribution in [0.25, 0.3) is 11.3 Å². The van der Waals surface area contributed by atoms with Gasteiger partial charge in [0.1, 0.15) is 23.1 Å². The molecular formula is C23H27N7O2. The maximum absolute atomic E-state index is 12.3. The van der Waals surface area contributed by atoms with Crippen LogP contribution in [0.5, 0.6) is 0 Å². The SMILES string of the molecule is CC(C)(C)OC(=O)N1CCN(c2cc(-c3cccc(Nc4cnccn4)n3)ccn2)CC1. The Hall–Kier alpha value is -3.75. The number of amides is 1. The van der Waals surface area contributed by atoms with Gasteiger partial charge in [0.2, 0.25) is 0 Å². The summed E-state index contributed by atoms with van der Waals surface area (Å²) in [6.07, 6.45) is 6.42. The molecule has 4 heterocycles. The van der Waals surface area contributed by atoms with Crippen molar-refractivity contribution in [2.24, 2.45) is 0 Å². The molecular weight excluding hydrogens is 406 g/mol. The predicted molar refractivity (Wildman–Crippen MR) is 123 cm³/mol. The molecule has 1 aliphatic rings. The van der Waals surface area contributed by atoms with Gasteiger partial charge in [-0.2, -0.15) is 0 Å². The van der Waals surface area contributed by atoms with Crippen LogP contribution >= 0.6 is 0 Å². The molecule has 1 aliphatic heterocycles. The molecule has 0 spiro atoms. The molecule has 0 aromatic carbocycles. The van der Waals surface area contributed by atoms with E-state index >= 15 is 0 Å². The van der Waals surface area contributed by atoms with Crippen LogP contribution in [0, 0.1) is 0 Å². The van der Waals surface area contributed by atoms with Crippen molar-refractivity contribution in [1.82, 2.24) is 24.8 Å². The molecule has 9 heteroatoms. The molecule has 1 N–H and O–H groups in total. The fourth-order valence-corrected chi connectivity index (χ4v) is 3.36. The fraction of sp³-hybridized carbons (Fsp3) is 0.348. The third-order valence-corrected chi connectivity index (χ3v) is 4.87. The van der Waals surface area contributed by atoms with E-state index < -0.39 is 5.60 Å². The number of piperazine rings is 1. The molecule has 0 bridgehead atoms. The lowest BCUT2D eigenvalue weighted by atomic mass is 10.1. The molecule has 0 unspecified atom stereocenters. The van der Waals surface area contributed by atoms with Crippen LogP contribution in [-0.4, -0.2) is 62.7 Å². The largest absolute Gasteiger partial charge is 0.444 e. The van der Waals surface area contributed by atoms with E-state index in [-0.39, 0.29) is 6.09 Å². The highest BCUT2D eigenvalue weighted by Gasteiger charge is 2.26. The maximum atomic E-state index is 12.3. The van der Waals surface area contributed by atoms with Gasteiger partial charge in [-0.25, -0.2) is 19.7 Å². The van der Waals surface area contributed by atoms with Gasteiger partial charge in [-0.3, -0.25) is 4.98 Å². The minimum absolute atomic E-state index is 0.268. The molecule has 0 atom stereocenters. The summed E-state index contributed by atoms with van der Waals surface area (Å²) < 4.78 is 5.48. The number of hydrogen-bond acceptors (Lipinski definition) is 8. The van der Waals surface area contributed by atoms with E-state index in [1.807, 2.05) is 51.1 Å². The lowest BCUT2D eigenvalue weighted by Gasteiger charge is -2.36.